The lowest BCUT2D eigenvalue weighted by atomic mass is 10.2. The number of hydrogen-bond donors (Lipinski definition) is 1. The number of nitrogens with zero attached hydrogens (tertiary/aromatic N) is 2. The number of amides is 1. The summed E-state index contributed by atoms with van der Waals surface area (Å²) in [6.07, 6.45) is 0. The van der Waals surface area contributed by atoms with Gasteiger partial charge < -0.3 is 5.32 Å². The minimum absolute atomic E-state index is 0.180. The maximum absolute atomic E-state index is 12.2. The van der Waals surface area contributed by atoms with Gasteiger partial charge in [-0.25, -0.2) is 9.97 Å². The van der Waals surface area contributed by atoms with Crippen LogP contribution in [0.25, 0.3) is 20.9 Å². The smallest absolute Gasteiger partial charge is 0.256 e. The highest BCUT2D eigenvalue weighted by molar-refractivity contribution is 7.21. The number of nitrogens with one attached hydrogen (secondary N) is 1. The zero-order valence-corrected chi connectivity index (χ0v) is 13.5. The number of thiazole rings is 1. The Morgan fingerprint density at radius 1 is 0.833 bits per heavy atom. The van der Waals surface area contributed by atoms with E-state index in [1.54, 1.807) is 29.5 Å². The molecule has 4 rings (SSSR count). The Hall–Kier alpha value is -3.05. The average molecular weight is 331 g/mol. The van der Waals surface area contributed by atoms with Gasteiger partial charge in [-0.2, -0.15) is 0 Å². The van der Waals surface area contributed by atoms with Gasteiger partial charge in [0.2, 0.25) is 0 Å². The van der Waals surface area contributed by atoms with Gasteiger partial charge in [0.25, 0.3) is 5.91 Å². The molecular formula is C19H13N3OS. The number of carbonyl (C=O) groups is 1. The van der Waals surface area contributed by atoms with Crippen LogP contribution >= 0.6 is 11.3 Å². The van der Waals surface area contributed by atoms with E-state index >= 15 is 0 Å². The molecule has 1 amide bonds. The maximum atomic E-state index is 12.2. The van der Waals surface area contributed by atoms with E-state index in [1.165, 1.54) is 0 Å². The van der Waals surface area contributed by atoms with E-state index in [4.69, 9.17) is 0 Å². The third-order valence-corrected chi connectivity index (χ3v) is 4.61. The van der Waals surface area contributed by atoms with Gasteiger partial charge in [0.1, 0.15) is 10.8 Å². The summed E-state index contributed by atoms with van der Waals surface area (Å²) in [5.41, 5.74) is 2.31. The van der Waals surface area contributed by atoms with Gasteiger partial charge >= 0.3 is 0 Å². The van der Waals surface area contributed by atoms with Crippen molar-refractivity contribution < 1.29 is 4.79 Å². The average Bonchev–Trinajstić information content (AvgIpc) is 3.06. The number of carbonyl (C=O) groups excluding carboxylic acids is 1. The number of fused-ring (bicyclic) bond motifs is 1. The van der Waals surface area contributed by atoms with Crippen LogP contribution in [0.1, 0.15) is 10.4 Å². The SMILES string of the molecule is O=C(Nc1ccc2sc(-c3ccccc3)nc2n1)c1ccccc1. The van der Waals surface area contributed by atoms with Crippen LogP contribution in [-0.4, -0.2) is 15.9 Å². The van der Waals surface area contributed by atoms with Gasteiger partial charge in [-0.1, -0.05) is 48.5 Å². The zero-order chi connectivity index (χ0) is 16.4. The first-order chi connectivity index (χ1) is 11.8. The minimum atomic E-state index is -0.180. The highest BCUT2D eigenvalue weighted by atomic mass is 32.1. The van der Waals surface area contributed by atoms with Crippen molar-refractivity contribution in [1.29, 1.82) is 0 Å². The number of hydrogen-bond acceptors (Lipinski definition) is 4. The summed E-state index contributed by atoms with van der Waals surface area (Å²) in [5, 5.41) is 3.73. The fourth-order valence-corrected chi connectivity index (χ4v) is 3.28. The summed E-state index contributed by atoms with van der Waals surface area (Å²) in [7, 11) is 0. The molecule has 0 fully saturated rings. The molecule has 2 aromatic carbocycles. The highest BCUT2D eigenvalue weighted by Gasteiger charge is 2.10. The fraction of sp³-hybridized carbons (Fsp3) is 0. The molecule has 0 aliphatic rings. The molecule has 0 saturated carbocycles. The van der Waals surface area contributed by atoms with Gasteiger partial charge in [-0.3, -0.25) is 4.79 Å². The second-order valence-electron chi connectivity index (χ2n) is 5.22. The van der Waals surface area contributed by atoms with Crippen LogP contribution < -0.4 is 5.32 Å². The first-order valence-electron chi connectivity index (χ1n) is 7.49. The second-order valence-corrected chi connectivity index (χ2v) is 6.25. The first-order valence-corrected chi connectivity index (χ1v) is 8.31. The van der Waals surface area contributed by atoms with Crippen molar-refractivity contribution in [2.24, 2.45) is 0 Å². The van der Waals surface area contributed by atoms with E-state index in [9.17, 15) is 4.79 Å². The molecule has 0 aliphatic carbocycles. The Balaban J connectivity index is 1.63. The van der Waals surface area contributed by atoms with Crippen molar-refractivity contribution >= 4 is 33.4 Å². The summed E-state index contributed by atoms with van der Waals surface area (Å²) < 4.78 is 0.992. The molecule has 4 nitrogen and oxygen atoms in total. The van der Waals surface area contributed by atoms with Crippen molar-refractivity contribution in [2.45, 2.75) is 0 Å². The van der Waals surface area contributed by atoms with Gasteiger partial charge in [0.15, 0.2) is 5.65 Å². The molecule has 0 unspecified atom stereocenters. The van der Waals surface area contributed by atoms with Crippen molar-refractivity contribution in [1.82, 2.24) is 9.97 Å². The van der Waals surface area contributed by atoms with Crippen molar-refractivity contribution in [2.75, 3.05) is 5.32 Å². The molecule has 2 heterocycles. The van der Waals surface area contributed by atoms with Gasteiger partial charge in [-0.15, -0.1) is 11.3 Å². The summed E-state index contributed by atoms with van der Waals surface area (Å²) in [6, 6.07) is 22.8. The van der Waals surface area contributed by atoms with Crippen LogP contribution in [0.4, 0.5) is 5.82 Å². The van der Waals surface area contributed by atoms with Crippen LogP contribution in [-0.2, 0) is 0 Å². The summed E-state index contributed by atoms with van der Waals surface area (Å²) >= 11 is 1.59. The van der Waals surface area contributed by atoms with E-state index in [1.807, 2.05) is 54.6 Å². The minimum Gasteiger partial charge on any atom is -0.306 e. The quantitative estimate of drug-likeness (QED) is 0.596. The van der Waals surface area contributed by atoms with Crippen LogP contribution in [0.15, 0.2) is 72.8 Å². The fourth-order valence-electron chi connectivity index (χ4n) is 2.37. The van der Waals surface area contributed by atoms with E-state index in [-0.39, 0.29) is 5.91 Å². The Bertz CT molecular complexity index is 997. The molecule has 0 atom stereocenters. The lowest BCUT2D eigenvalue weighted by molar-refractivity contribution is 0.102. The first kappa shape index (κ1) is 14.5. The Labute approximate surface area is 142 Å². The lowest BCUT2D eigenvalue weighted by Gasteiger charge is -2.03. The number of anilines is 1. The number of benzene rings is 2. The third kappa shape index (κ3) is 2.89. The molecule has 4 aromatic rings. The molecule has 5 heteroatoms. The normalized spacial score (nSPS) is 10.7. The van der Waals surface area contributed by atoms with Gasteiger partial charge in [-0.05, 0) is 24.3 Å². The van der Waals surface area contributed by atoms with Crippen LogP contribution in [0.2, 0.25) is 0 Å². The Kier molecular flexibility index (Phi) is 3.76. The standard InChI is InChI=1S/C19H13N3OS/c23-18(13-7-3-1-4-8-13)21-16-12-11-15-17(20-16)22-19(24-15)14-9-5-2-6-10-14/h1-12H,(H,20,21,23). The lowest BCUT2D eigenvalue weighted by Crippen LogP contribution is -2.12. The molecule has 0 saturated heterocycles. The highest BCUT2D eigenvalue weighted by Crippen LogP contribution is 2.29. The molecule has 0 spiro atoms. The van der Waals surface area contributed by atoms with Crippen molar-refractivity contribution in [3.8, 4) is 10.6 Å². The number of pyridine rings is 1. The van der Waals surface area contributed by atoms with E-state index in [0.29, 0.717) is 17.0 Å². The number of aromatic nitrogens is 2. The predicted molar refractivity (Wildman–Crippen MR) is 97.2 cm³/mol. The van der Waals surface area contributed by atoms with Gasteiger partial charge in [0, 0.05) is 11.1 Å². The maximum Gasteiger partial charge on any atom is 0.256 e. The van der Waals surface area contributed by atoms with Crippen molar-refractivity contribution in [3.63, 3.8) is 0 Å². The predicted octanol–water partition coefficient (Wildman–Crippen LogP) is 4.61. The largest absolute Gasteiger partial charge is 0.306 e. The molecule has 1 N–H and O–H groups in total. The molecule has 0 aliphatic heterocycles. The molecule has 116 valence electrons. The molecule has 2 aromatic heterocycles. The Morgan fingerprint density at radius 3 is 2.29 bits per heavy atom. The van der Waals surface area contributed by atoms with Gasteiger partial charge in [0.05, 0.1) is 4.70 Å². The molecular weight excluding hydrogens is 318 g/mol. The van der Waals surface area contributed by atoms with E-state index in [2.05, 4.69) is 15.3 Å². The number of rotatable bonds is 3. The summed E-state index contributed by atoms with van der Waals surface area (Å²) in [5.74, 6) is 0.322. The van der Waals surface area contributed by atoms with E-state index in [0.717, 1.165) is 15.3 Å². The zero-order valence-electron chi connectivity index (χ0n) is 12.6. The summed E-state index contributed by atoms with van der Waals surface area (Å²) in [6.45, 7) is 0. The van der Waals surface area contributed by atoms with Crippen LogP contribution in [0.5, 0.6) is 0 Å². The van der Waals surface area contributed by atoms with Crippen LogP contribution in [0.3, 0.4) is 0 Å². The van der Waals surface area contributed by atoms with Crippen LogP contribution in [0, 0.1) is 0 Å². The second kappa shape index (κ2) is 6.22. The molecule has 0 radical (unpaired) electrons. The molecule has 24 heavy (non-hydrogen) atoms. The summed E-state index contributed by atoms with van der Waals surface area (Å²) in [4.78, 5) is 21.2. The third-order valence-electron chi connectivity index (χ3n) is 3.55. The molecule has 0 bridgehead atoms. The van der Waals surface area contributed by atoms with E-state index < -0.39 is 0 Å². The van der Waals surface area contributed by atoms with Crippen molar-refractivity contribution in [3.05, 3.63) is 78.4 Å². The monoisotopic (exact) mass is 331 g/mol. The Morgan fingerprint density at radius 2 is 1.54 bits per heavy atom. The topological polar surface area (TPSA) is 54.9 Å².